The highest BCUT2D eigenvalue weighted by Crippen LogP contribution is 2.74. The van der Waals surface area contributed by atoms with E-state index in [1.807, 2.05) is 24.3 Å². The monoisotopic (exact) mass is 492 g/mol. The van der Waals surface area contributed by atoms with Crippen LogP contribution in [-0.4, -0.2) is 58.8 Å². The average molecular weight is 493 g/mol. The van der Waals surface area contributed by atoms with Crippen LogP contribution >= 0.6 is 11.8 Å². The van der Waals surface area contributed by atoms with Crippen LogP contribution in [0.25, 0.3) is 11.1 Å². The largest absolute Gasteiger partial charge is 0.480 e. The quantitative estimate of drug-likeness (QED) is 0.631. The third-order valence-corrected chi connectivity index (χ3v) is 9.57. The molecule has 2 N–H and O–H groups in total. The number of hydrogen-bond donors (Lipinski definition) is 2. The van der Waals surface area contributed by atoms with Gasteiger partial charge in [-0.3, -0.25) is 4.79 Å². The molecule has 3 fully saturated rings. The average Bonchev–Trinajstić information content (AvgIpc) is 3.15. The van der Waals surface area contributed by atoms with Gasteiger partial charge in [0.15, 0.2) is 0 Å². The van der Waals surface area contributed by atoms with Crippen molar-refractivity contribution < 1.29 is 24.2 Å². The third kappa shape index (κ3) is 3.44. The minimum atomic E-state index is -0.966. The summed E-state index contributed by atoms with van der Waals surface area (Å²) in [6.45, 7) is 0.409. The fraction of sp³-hybridized carbons (Fsp3) is 0.444. The normalized spacial score (nSPS) is 25.5. The number of nitrogens with one attached hydrogen (secondary N) is 1. The minimum Gasteiger partial charge on any atom is -0.480 e. The molecule has 2 aromatic rings. The molecular weight excluding hydrogens is 464 g/mol. The van der Waals surface area contributed by atoms with E-state index >= 15 is 0 Å². The van der Waals surface area contributed by atoms with E-state index in [0.717, 1.165) is 30.4 Å². The molecule has 0 bridgehead atoms. The molecule has 1 heterocycles. The number of aliphatic carboxylic acids is 1. The Morgan fingerprint density at radius 3 is 2.29 bits per heavy atom. The zero-order valence-electron chi connectivity index (χ0n) is 19.4. The second kappa shape index (κ2) is 8.29. The van der Waals surface area contributed by atoms with Crippen molar-refractivity contribution in [3.8, 4) is 11.1 Å². The van der Waals surface area contributed by atoms with E-state index in [4.69, 9.17) is 4.74 Å². The predicted molar refractivity (Wildman–Crippen MR) is 132 cm³/mol. The predicted octanol–water partition coefficient (Wildman–Crippen LogP) is 4.07. The lowest BCUT2D eigenvalue weighted by molar-refractivity contribution is -0.151. The molecule has 1 spiro atoms. The van der Waals surface area contributed by atoms with E-state index in [2.05, 4.69) is 29.6 Å². The van der Waals surface area contributed by atoms with E-state index in [1.54, 1.807) is 0 Å². The van der Waals surface area contributed by atoms with E-state index < -0.39 is 23.5 Å². The highest BCUT2D eigenvalue weighted by Gasteiger charge is 2.74. The molecule has 1 saturated heterocycles. The van der Waals surface area contributed by atoms with E-state index in [9.17, 15) is 19.5 Å². The molecule has 6 rings (SSSR count). The van der Waals surface area contributed by atoms with Gasteiger partial charge in [0.05, 0.1) is 11.3 Å². The maximum Gasteiger partial charge on any atom is 0.407 e. The van der Waals surface area contributed by atoms with Gasteiger partial charge in [-0.25, -0.2) is 9.59 Å². The SMILES string of the molecule is O=C(NCC1(C(=O)N2CSCC2C(=O)O)CC12CCC2)OCC1c2ccccc2-c2ccccc21. The summed E-state index contributed by atoms with van der Waals surface area (Å²) >= 11 is 1.46. The van der Waals surface area contributed by atoms with Crippen molar-refractivity contribution in [3.05, 3.63) is 59.7 Å². The molecule has 8 heteroatoms. The molecule has 2 atom stereocenters. The Labute approximate surface area is 208 Å². The van der Waals surface area contributed by atoms with Crippen molar-refractivity contribution in [3.63, 3.8) is 0 Å². The Morgan fingerprint density at radius 1 is 1.06 bits per heavy atom. The number of amides is 2. The smallest absolute Gasteiger partial charge is 0.407 e. The summed E-state index contributed by atoms with van der Waals surface area (Å²) in [6, 6.07) is 15.6. The van der Waals surface area contributed by atoms with Gasteiger partial charge in [0.25, 0.3) is 0 Å². The lowest BCUT2D eigenvalue weighted by Crippen LogP contribution is -2.50. The third-order valence-electron chi connectivity index (χ3n) is 8.56. The summed E-state index contributed by atoms with van der Waals surface area (Å²) in [6.07, 6.45) is 3.13. The van der Waals surface area contributed by atoms with Crippen LogP contribution in [0.4, 0.5) is 4.79 Å². The van der Waals surface area contributed by atoms with Crippen LogP contribution in [0.15, 0.2) is 48.5 Å². The summed E-state index contributed by atoms with van der Waals surface area (Å²) in [5, 5.41) is 12.4. The molecule has 2 amide bonds. The highest BCUT2D eigenvalue weighted by atomic mass is 32.2. The fourth-order valence-corrected chi connectivity index (χ4v) is 7.56. The maximum atomic E-state index is 13.6. The minimum absolute atomic E-state index is 0.0272. The van der Waals surface area contributed by atoms with Gasteiger partial charge in [-0.2, -0.15) is 0 Å². The number of benzene rings is 2. The maximum absolute atomic E-state index is 13.6. The Balaban J connectivity index is 1.13. The van der Waals surface area contributed by atoms with Crippen molar-refractivity contribution in [2.24, 2.45) is 10.8 Å². The van der Waals surface area contributed by atoms with Crippen LogP contribution in [0.2, 0.25) is 0 Å². The highest BCUT2D eigenvalue weighted by molar-refractivity contribution is 7.99. The van der Waals surface area contributed by atoms with E-state index in [0.29, 0.717) is 18.1 Å². The van der Waals surface area contributed by atoms with Crippen molar-refractivity contribution in [1.82, 2.24) is 10.2 Å². The van der Waals surface area contributed by atoms with E-state index in [-0.39, 0.29) is 30.4 Å². The molecule has 1 aliphatic heterocycles. The van der Waals surface area contributed by atoms with Crippen molar-refractivity contribution >= 4 is 29.7 Å². The molecule has 2 unspecified atom stereocenters. The Bertz CT molecular complexity index is 1170. The Morgan fingerprint density at radius 2 is 1.71 bits per heavy atom. The van der Waals surface area contributed by atoms with Gasteiger partial charge in [0, 0.05) is 18.2 Å². The summed E-state index contributed by atoms with van der Waals surface area (Å²) in [4.78, 5) is 39.5. The van der Waals surface area contributed by atoms with Crippen LogP contribution in [0.3, 0.4) is 0 Å². The van der Waals surface area contributed by atoms with Gasteiger partial charge in [0.1, 0.15) is 12.6 Å². The van der Waals surface area contributed by atoms with Crippen LogP contribution in [0.5, 0.6) is 0 Å². The van der Waals surface area contributed by atoms with Crippen molar-refractivity contribution in [1.29, 1.82) is 0 Å². The molecule has 7 nitrogen and oxygen atoms in total. The number of nitrogens with zero attached hydrogens (tertiary/aromatic N) is 1. The summed E-state index contributed by atoms with van der Waals surface area (Å²) in [5.41, 5.74) is 3.82. The Hall–Kier alpha value is -3.00. The van der Waals surface area contributed by atoms with Gasteiger partial charge in [-0.05, 0) is 46.9 Å². The fourth-order valence-electron chi connectivity index (χ4n) is 6.42. The molecule has 0 radical (unpaired) electrons. The molecule has 3 aliphatic carbocycles. The molecule has 4 aliphatic rings. The molecular formula is C27H28N2O5S. The van der Waals surface area contributed by atoms with Crippen LogP contribution in [0.1, 0.15) is 42.7 Å². The molecule has 182 valence electrons. The van der Waals surface area contributed by atoms with Crippen LogP contribution in [-0.2, 0) is 14.3 Å². The zero-order valence-corrected chi connectivity index (χ0v) is 20.2. The first-order valence-electron chi connectivity index (χ1n) is 12.2. The van der Waals surface area contributed by atoms with Gasteiger partial charge in [-0.15, -0.1) is 11.8 Å². The lowest BCUT2D eigenvalue weighted by atomic mass is 9.74. The first-order chi connectivity index (χ1) is 17.0. The van der Waals surface area contributed by atoms with Crippen molar-refractivity contribution in [2.45, 2.75) is 37.6 Å². The van der Waals surface area contributed by atoms with Gasteiger partial charge >= 0.3 is 12.1 Å². The standard InChI is InChI=1S/C27H28N2O5S/c30-23(31)22-13-35-16-29(22)24(32)27(14-26(27)10-5-11-26)15-28-25(33)34-12-21-19-8-3-1-6-17(19)18-7-2-4-9-20(18)21/h1-4,6-9,21-22H,5,10-16H2,(H,28,33)(H,30,31). The molecule has 2 saturated carbocycles. The molecule has 0 aromatic heterocycles. The first-order valence-corrected chi connectivity index (χ1v) is 13.3. The molecule has 2 aromatic carbocycles. The zero-order chi connectivity index (χ0) is 24.2. The number of carboxylic acids is 1. The summed E-state index contributed by atoms with van der Waals surface area (Å²) in [5.74, 6) is -0.330. The number of ether oxygens (including phenoxy) is 1. The van der Waals surface area contributed by atoms with Gasteiger partial charge in [0.2, 0.25) is 5.91 Å². The first kappa shape index (κ1) is 22.5. The topological polar surface area (TPSA) is 95.9 Å². The number of rotatable bonds is 6. The number of carbonyl (C=O) groups is 3. The lowest BCUT2D eigenvalue weighted by Gasteiger charge is -2.35. The van der Waals surface area contributed by atoms with Crippen molar-refractivity contribution in [2.75, 3.05) is 24.8 Å². The van der Waals surface area contributed by atoms with Gasteiger partial charge < -0.3 is 20.1 Å². The summed E-state index contributed by atoms with van der Waals surface area (Å²) in [7, 11) is 0. The Kier molecular flexibility index (Phi) is 5.32. The summed E-state index contributed by atoms with van der Waals surface area (Å²) < 4.78 is 5.67. The number of thioether (sulfide) groups is 1. The number of alkyl carbamates (subject to hydrolysis) is 1. The number of fused-ring (bicyclic) bond motifs is 3. The van der Waals surface area contributed by atoms with Gasteiger partial charge in [-0.1, -0.05) is 55.0 Å². The second-order valence-electron chi connectivity index (χ2n) is 10.2. The molecule has 35 heavy (non-hydrogen) atoms. The number of carbonyl (C=O) groups excluding carboxylic acids is 2. The second-order valence-corrected chi connectivity index (χ2v) is 11.2. The number of hydrogen-bond acceptors (Lipinski definition) is 5. The van der Waals surface area contributed by atoms with E-state index in [1.165, 1.54) is 27.8 Å². The van der Waals surface area contributed by atoms with Crippen LogP contribution in [0, 0.1) is 10.8 Å². The van der Waals surface area contributed by atoms with Crippen LogP contribution < -0.4 is 5.32 Å². The number of carboxylic acid groups (broad SMARTS) is 1.